The zero-order valence-corrected chi connectivity index (χ0v) is 17.1. The molecule has 2 heterocycles. The number of hydrogen-bond donors (Lipinski definition) is 1. The number of H-pyrrole nitrogens is 1. The molecule has 1 unspecified atom stereocenters. The van der Waals surface area contributed by atoms with Crippen LogP contribution in [0, 0.1) is 11.8 Å². The van der Waals surface area contributed by atoms with Crippen LogP contribution in [0.2, 0.25) is 0 Å². The Kier molecular flexibility index (Phi) is 4.25. The minimum Gasteiger partial charge on any atom is -0.487 e. The lowest BCUT2D eigenvalue weighted by Gasteiger charge is -2.48. The van der Waals surface area contributed by atoms with Crippen molar-refractivity contribution in [2.45, 2.75) is 70.8 Å². The summed E-state index contributed by atoms with van der Waals surface area (Å²) in [5.74, 6) is 2.16. The van der Waals surface area contributed by atoms with Crippen LogP contribution in [0.25, 0.3) is 0 Å². The minimum atomic E-state index is -0.292. The predicted octanol–water partition coefficient (Wildman–Crippen LogP) is 5.39. The quantitative estimate of drug-likeness (QED) is 0.775. The van der Waals surface area contributed by atoms with Crippen molar-refractivity contribution in [2.24, 2.45) is 11.8 Å². The molecular formula is C24H31NO2. The van der Waals surface area contributed by atoms with E-state index in [-0.39, 0.29) is 16.6 Å². The lowest BCUT2D eigenvalue weighted by Crippen LogP contribution is -2.48. The molecular weight excluding hydrogens is 334 g/mol. The summed E-state index contributed by atoms with van der Waals surface area (Å²) in [5, 5.41) is 0. The van der Waals surface area contributed by atoms with Gasteiger partial charge < -0.3 is 9.72 Å². The molecule has 0 radical (unpaired) electrons. The van der Waals surface area contributed by atoms with Crippen LogP contribution in [0.15, 0.2) is 41.2 Å². The van der Waals surface area contributed by atoms with E-state index in [0.29, 0.717) is 17.8 Å². The van der Waals surface area contributed by atoms with E-state index in [9.17, 15) is 4.79 Å². The Bertz CT molecular complexity index is 894. The van der Waals surface area contributed by atoms with E-state index in [2.05, 4.69) is 57.8 Å². The highest BCUT2D eigenvalue weighted by Crippen LogP contribution is 2.52. The number of hydrogen-bond acceptors (Lipinski definition) is 2. The molecule has 4 rings (SSSR count). The van der Waals surface area contributed by atoms with Crippen LogP contribution in [0.4, 0.5) is 0 Å². The first-order valence-corrected chi connectivity index (χ1v) is 10.2. The molecule has 27 heavy (non-hydrogen) atoms. The number of aromatic amines is 1. The lowest BCUT2D eigenvalue weighted by molar-refractivity contribution is -0.0145. The Hall–Kier alpha value is -2.03. The second-order valence-electron chi connectivity index (χ2n) is 9.62. The van der Waals surface area contributed by atoms with E-state index in [0.717, 1.165) is 29.8 Å². The normalized spacial score (nSPS) is 26.6. The molecule has 2 aliphatic rings. The maximum atomic E-state index is 13.2. The molecule has 2 aromatic rings. The molecule has 3 heteroatoms. The van der Waals surface area contributed by atoms with Crippen molar-refractivity contribution in [1.82, 2.24) is 4.98 Å². The topological polar surface area (TPSA) is 42.1 Å². The van der Waals surface area contributed by atoms with Crippen molar-refractivity contribution in [3.63, 3.8) is 0 Å². The van der Waals surface area contributed by atoms with Crippen molar-refractivity contribution in [1.29, 1.82) is 0 Å². The van der Waals surface area contributed by atoms with Crippen LogP contribution in [0.1, 0.15) is 76.6 Å². The van der Waals surface area contributed by atoms with E-state index in [1.54, 1.807) is 0 Å². The second kappa shape index (κ2) is 6.25. The SMILES string of the molecule is C[C@H]1CCC2[C@H](C1)c1c(cc(C(C)(C)c3ccccc3)[nH]c1=O)OC2(C)C. The minimum absolute atomic E-state index is 0.0334. The zero-order valence-electron chi connectivity index (χ0n) is 17.1. The van der Waals surface area contributed by atoms with Crippen LogP contribution in [-0.2, 0) is 5.41 Å². The third-order valence-corrected chi connectivity index (χ3v) is 6.95. The molecule has 0 saturated heterocycles. The molecule has 1 aromatic carbocycles. The van der Waals surface area contributed by atoms with Gasteiger partial charge in [0.2, 0.25) is 0 Å². The summed E-state index contributed by atoms with van der Waals surface area (Å²) in [7, 11) is 0. The molecule has 0 bridgehead atoms. The van der Waals surface area contributed by atoms with E-state index in [1.165, 1.54) is 12.0 Å². The van der Waals surface area contributed by atoms with E-state index in [4.69, 9.17) is 4.74 Å². The maximum absolute atomic E-state index is 13.2. The van der Waals surface area contributed by atoms with Crippen molar-refractivity contribution < 1.29 is 4.74 Å². The van der Waals surface area contributed by atoms with Gasteiger partial charge in [-0.15, -0.1) is 0 Å². The molecule has 1 aliphatic carbocycles. The molecule has 0 amide bonds. The Morgan fingerprint density at radius 3 is 2.56 bits per heavy atom. The lowest BCUT2D eigenvalue weighted by atomic mass is 9.64. The predicted molar refractivity (Wildman–Crippen MR) is 110 cm³/mol. The summed E-state index contributed by atoms with van der Waals surface area (Å²) in [4.78, 5) is 16.4. The fourth-order valence-corrected chi connectivity index (χ4v) is 5.22. The van der Waals surface area contributed by atoms with Gasteiger partial charge in [-0.1, -0.05) is 57.5 Å². The number of ether oxygens (including phenoxy) is 1. The molecule has 0 spiro atoms. The summed E-state index contributed by atoms with van der Waals surface area (Å²) in [6, 6.07) is 12.4. The zero-order chi connectivity index (χ0) is 19.4. The Morgan fingerprint density at radius 1 is 1.15 bits per heavy atom. The molecule has 3 nitrogen and oxygen atoms in total. The summed E-state index contributed by atoms with van der Waals surface area (Å²) in [6.07, 6.45) is 3.43. The third-order valence-electron chi connectivity index (χ3n) is 6.95. The number of rotatable bonds is 2. The van der Waals surface area contributed by atoms with Crippen molar-refractivity contribution in [3.8, 4) is 5.75 Å². The van der Waals surface area contributed by atoms with Gasteiger partial charge in [-0.2, -0.15) is 0 Å². The number of nitrogens with one attached hydrogen (secondary N) is 1. The standard InChI is InChI=1S/C24H31NO2/c1-15-11-12-18-17(13-15)21-19(27-24(18,4)5)14-20(25-22(21)26)23(2,3)16-9-7-6-8-10-16/h6-10,14-15,17-18H,11-13H2,1-5H3,(H,25,26)/t15-,17-,18?/m0/s1. The van der Waals surface area contributed by atoms with Gasteiger partial charge in [-0.3, -0.25) is 4.79 Å². The number of pyridine rings is 1. The number of aromatic nitrogens is 1. The molecule has 1 saturated carbocycles. The largest absolute Gasteiger partial charge is 0.487 e. The van der Waals surface area contributed by atoms with Gasteiger partial charge in [0.05, 0.1) is 5.56 Å². The molecule has 144 valence electrons. The maximum Gasteiger partial charge on any atom is 0.255 e. The second-order valence-corrected chi connectivity index (χ2v) is 9.62. The van der Waals surface area contributed by atoms with Gasteiger partial charge in [0.1, 0.15) is 11.4 Å². The van der Waals surface area contributed by atoms with Crippen molar-refractivity contribution >= 4 is 0 Å². The fourth-order valence-electron chi connectivity index (χ4n) is 5.22. The van der Waals surface area contributed by atoms with Crippen LogP contribution < -0.4 is 10.3 Å². The smallest absolute Gasteiger partial charge is 0.255 e. The summed E-state index contributed by atoms with van der Waals surface area (Å²) in [5.41, 5.74) is 2.47. The summed E-state index contributed by atoms with van der Waals surface area (Å²) < 4.78 is 6.46. The highest BCUT2D eigenvalue weighted by atomic mass is 16.5. The average Bonchev–Trinajstić information content (AvgIpc) is 2.61. The van der Waals surface area contributed by atoms with Crippen LogP contribution in [0.5, 0.6) is 5.75 Å². The van der Waals surface area contributed by atoms with Crippen LogP contribution in [-0.4, -0.2) is 10.6 Å². The van der Waals surface area contributed by atoms with Gasteiger partial charge in [0.25, 0.3) is 5.56 Å². The van der Waals surface area contributed by atoms with Gasteiger partial charge in [0, 0.05) is 23.1 Å². The Balaban J connectivity index is 1.83. The molecule has 1 aromatic heterocycles. The van der Waals surface area contributed by atoms with E-state index in [1.807, 2.05) is 18.2 Å². The Labute approximate surface area is 162 Å². The summed E-state index contributed by atoms with van der Waals surface area (Å²) in [6.45, 7) is 11.0. The molecule has 3 atom stereocenters. The van der Waals surface area contributed by atoms with Crippen molar-refractivity contribution in [2.75, 3.05) is 0 Å². The third kappa shape index (κ3) is 3.01. The molecule has 1 aliphatic heterocycles. The first-order valence-electron chi connectivity index (χ1n) is 10.2. The van der Waals surface area contributed by atoms with Gasteiger partial charge in [-0.05, 0) is 44.1 Å². The summed E-state index contributed by atoms with van der Waals surface area (Å²) >= 11 is 0. The van der Waals surface area contributed by atoms with E-state index >= 15 is 0 Å². The van der Waals surface area contributed by atoms with Crippen LogP contribution >= 0.6 is 0 Å². The average molecular weight is 366 g/mol. The van der Waals surface area contributed by atoms with Crippen LogP contribution in [0.3, 0.4) is 0 Å². The van der Waals surface area contributed by atoms with Gasteiger partial charge in [-0.25, -0.2) is 0 Å². The van der Waals surface area contributed by atoms with E-state index < -0.39 is 0 Å². The molecule has 1 fully saturated rings. The van der Waals surface area contributed by atoms with Crippen molar-refractivity contribution in [3.05, 3.63) is 63.6 Å². The highest BCUT2D eigenvalue weighted by Gasteiger charge is 2.47. The first kappa shape index (κ1) is 18.3. The highest BCUT2D eigenvalue weighted by molar-refractivity contribution is 5.44. The van der Waals surface area contributed by atoms with Gasteiger partial charge in [0.15, 0.2) is 0 Å². The monoisotopic (exact) mass is 365 g/mol. The molecule has 1 N–H and O–H groups in total. The first-order chi connectivity index (χ1) is 12.7. The van der Waals surface area contributed by atoms with Gasteiger partial charge >= 0.3 is 0 Å². The number of fused-ring (bicyclic) bond motifs is 3. The number of benzene rings is 1. The fraction of sp³-hybridized carbons (Fsp3) is 0.542. The Morgan fingerprint density at radius 2 is 1.85 bits per heavy atom.